The molecule has 0 radical (unpaired) electrons. The minimum absolute atomic E-state index is 0.00499. The highest BCUT2D eigenvalue weighted by Crippen LogP contribution is 2.30. The quantitative estimate of drug-likeness (QED) is 0.468. The molecular weight excluding hydrogens is 453 g/mol. The van der Waals surface area contributed by atoms with Gasteiger partial charge >= 0.3 is 0 Å². The Morgan fingerprint density at radius 3 is 2.34 bits per heavy atom. The average Bonchev–Trinajstić information content (AvgIpc) is 2.99. The fourth-order valence-electron chi connectivity index (χ4n) is 4.13. The lowest BCUT2D eigenvalue weighted by Crippen LogP contribution is -2.47. The van der Waals surface area contributed by atoms with Crippen LogP contribution in [0.3, 0.4) is 0 Å². The lowest BCUT2D eigenvalue weighted by molar-refractivity contribution is -0.132. The lowest BCUT2D eigenvalue weighted by atomic mass is 9.92. The predicted octanol–water partition coefficient (Wildman–Crippen LogP) is 4.02. The Labute approximate surface area is 194 Å². The van der Waals surface area contributed by atoms with Crippen LogP contribution in [0.5, 0.6) is 0 Å². The Balaban J connectivity index is 1.43. The van der Waals surface area contributed by atoms with E-state index in [1.807, 2.05) is 0 Å². The molecule has 164 valence electrons. The Morgan fingerprint density at radius 2 is 1.62 bits per heavy atom. The zero-order valence-electron chi connectivity index (χ0n) is 17.0. The van der Waals surface area contributed by atoms with Gasteiger partial charge in [-0.1, -0.05) is 35.3 Å². The topological polar surface area (TPSA) is 88.6 Å². The van der Waals surface area contributed by atoms with Crippen LogP contribution >= 0.6 is 23.2 Å². The molecule has 2 amide bonds. The zero-order valence-corrected chi connectivity index (χ0v) is 18.5. The number of benzene rings is 2. The van der Waals surface area contributed by atoms with Gasteiger partial charge in [0, 0.05) is 19.3 Å². The number of nitrogens with zero attached hydrogens (tertiary/aromatic N) is 1. The van der Waals surface area contributed by atoms with Crippen molar-refractivity contribution in [3.63, 3.8) is 0 Å². The monoisotopic (exact) mass is 471 g/mol. The number of fused-ring (bicyclic) bond motifs is 1. The van der Waals surface area contributed by atoms with E-state index in [4.69, 9.17) is 23.2 Å². The van der Waals surface area contributed by atoms with Gasteiger partial charge in [0.2, 0.25) is 0 Å². The van der Waals surface area contributed by atoms with Crippen LogP contribution in [0.2, 0.25) is 10.0 Å². The molecule has 1 aliphatic heterocycles. The summed E-state index contributed by atoms with van der Waals surface area (Å²) in [5.41, 5.74) is 1.99. The summed E-state index contributed by atoms with van der Waals surface area (Å²) < 4.78 is 0. The number of Topliss-reactive ketones (excluding diaryl/α,β-unsaturated/α-hetero) is 3. The van der Waals surface area contributed by atoms with Gasteiger partial charge in [-0.15, -0.1) is 0 Å². The van der Waals surface area contributed by atoms with E-state index < -0.39 is 23.6 Å². The van der Waals surface area contributed by atoms with E-state index in [9.17, 15) is 24.0 Å². The molecule has 1 fully saturated rings. The number of hydrogen-bond acceptors (Lipinski definition) is 5. The molecule has 2 aromatic carbocycles. The van der Waals surface area contributed by atoms with E-state index in [0.29, 0.717) is 16.5 Å². The largest absolute Gasteiger partial charge is 0.299 e. The molecule has 0 saturated heterocycles. The summed E-state index contributed by atoms with van der Waals surface area (Å²) in [6.07, 6.45) is 0.981. The lowest BCUT2D eigenvalue weighted by Gasteiger charge is -2.27. The molecule has 0 aromatic heterocycles. The summed E-state index contributed by atoms with van der Waals surface area (Å²) >= 11 is 11.9. The Bertz CT molecular complexity index is 1170. The highest BCUT2D eigenvalue weighted by molar-refractivity contribution is 6.42. The second kappa shape index (κ2) is 8.96. The van der Waals surface area contributed by atoms with E-state index in [-0.39, 0.29) is 54.8 Å². The van der Waals surface area contributed by atoms with Gasteiger partial charge in [-0.3, -0.25) is 28.9 Å². The van der Waals surface area contributed by atoms with Crippen molar-refractivity contribution >= 4 is 52.4 Å². The summed E-state index contributed by atoms with van der Waals surface area (Å²) in [5, 5.41) is 0.819. The van der Waals surface area contributed by atoms with Crippen LogP contribution in [-0.2, 0) is 27.2 Å². The van der Waals surface area contributed by atoms with Crippen LogP contribution in [0.4, 0.5) is 0 Å². The molecular formula is C24H19Cl2NO5. The molecule has 1 aliphatic carbocycles. The summed E-state index contributed by atoms with van der Waals surface area (Å²) in [6.45, 7) is 0. The number of rotatable bonds is 6. The third-order valence-corrected chi connectivity index (χ3v) is 6.55. The third-order valence-electron chi connectivity index (χ3n) is 5.81. The number of ketones is 3. The van der Waals surface area contributed by atoms with Crippen molar-refractivity contribution in [3.05, 3.63) is 68.7 Å². The molecule has 1 heterocycles. The van der Waals surface area contributed by atoms with Crippen LogP contribution < -0.4 is 0 Å². The number of carbonyl (C=O) groups is 5. The van der Waals surface area contributed by atoms with Gasteiger partial charge in [0.15, 0.2) is 5.78 Å². The second-order valence-corrected chi connectivity index (χ2v) is 8.87. The first-order valence-electron chi connectivity index (χ1n) is 10.3. The van der Waals surface area contributed by atoms with Gasteiger partial charge < -0.3 is 0 Å². The van der Waals surface area contributed by atoms with Crippen molar-refractivity contribution in [1.29, 1.82) is 0 Å². The fourth-order valence-corrected chi connectivity index (χ4v) is 4.45. The van der Waals surface area contributed by atoms with Crippen molar-refractivity contribution in [2.75, 3.05) is 0 Å². The standard InChI is InChI=1S/C24H19Cl2NO5/c25-19-7-3-14(11-20(19)26)9-15(28)4-1-13-2-6-17-18(10-13)24(32)27(23(17)31)21-8-5-16(29)12-22(21)30/h2-3,6-7,10-11,21H,1,4-5,8-9,12H2. The first kappa shape index (κ1) is 22.4. The molecule has 32 heavy (non-hydrogen) atoms. The summed E-state index contributed by atoms with van der Waals surface area (Å²) in [6, 6.07) is 9.06. The average molecular weight is 472 g/mol. The first-order chi connectivity index (χ1) is 15.2. The number of aryl methyl sites for hydroxylation is 1. The molecule has 0 N–H and O–H groups in total. The van der Waals surface area contributed by atoms with Gasteiger partial charge in [-0.05, 0) is 48.2 Å². The van der Waals surface area contributed by atoms with Crippen LogP contribution in [0, 0.1) is 0 Å². The van der Waals surface area contributed by atoms with Crippen molar-refractivity contribution in [1.82, 2.24) is 4.90 Å². The van der Waals surface area contributed by atoms with E-state index >= 15 is 0 Å². The SMILES string of the molecule is O=C1CCC(N2C(=O)c3ccc(CCC(=O)Cc4ccc(Cl)c(Cl)c4)cc3C2=O)C(=O)C1. The second-order valence-electron chi connectivity index (χ2n) is 8.06. The normalized spacial score (nSPS) is 18.3. The molecule has 8 heteroatoms. The molecule has 2 aromatic rings. The van der Waals surface area contributed by atoms with Gasteiger partial charge in [-0.2, -0.15) is 0 Å². The van der Waals surface area contributed by atoms with Gasteiger partial charge in [0.25, 0.3) is 11.8 Å². The number of carbonyl (C=O) groups excluding carboxylic acids is 5. The summed E-state index contributed by atoms with van der Waals surface area (Å²) in [4.78, 5) is 62.8. The smallest absolute Gasteiger partial charge is 0.262 e. The molecule has 2 aliphatic rings. The third kappa shape index (κ3) is 4.38. The zero-order chi connectivity index (χ0) is 23.0. The molecule has 1 atom stereocenters. The highest BCUT2D eigenvalue weighted by atomic mass is 35.5. The summed E-state index contributed by atoms with van der Waals surface area (Å²) in [7, 11) is 0. The maximum Gasteiger partial charge on any atom is 0.262 e. The predicted molar refractivity (Wildman–Crippen MR) is 118 cm³/mol. The highest BCUT2D eigenvalue weighted by Gasteiger charge is 2.44. The van der Waals surface area contributed by atoms with Crippen LogP contribution in [0.25, 0.3) is 0 Å². The number of imide groups is 1. The van der Waals surface area contributed by atoms with E-state index in [1.54, 1.807) is 36.4 Å². The molecule has 1 saturated carbocycles. The molecule has 0 bridgehead atoms. The van der Waals surface area contributed by atoms with Crippen molar-refractivity contribution < 1.29 is 24.0 Å². The van der Waals surface area contributed by atoms with Crippen LogP contribution in [0.1, 0.15) is 57.5 Å². The van der Waals surface area contributed by atoms with Crippen molar-refractivity contribution in [2.45, 2.75) is 44.6 Å². The van der Waals surface area contributed by atoms with Gasteiger partial charge in [0.05, 0.1) is 33.6 Å². The maximum absolute atomic E-state index is 12.9. The molecule has 0 spiro atoms. The maximum atomic E-state index is 12.9. The van der Waals surface area contributed by atoms with Crippen LogP contribution in [-0.4, -0.2) is 40.1 Å². The Hall–Kier alpha value is -2.83. The minimum atomic E-state index is -0.892. The first-order valence-corrected chi connectivity index (χ1v) is 11.0. The van der Waals surface area contributed by atoms with E-state index in [2.05, 4.69) is 0 Å². The molecule has 6 nitrogen and oxygen atoms in total. The minimum Gasteiger partial charge on any atom is -0.299 e. The number of amides is 2. The Morgan fingerprint density at radius 1 is 0.906 bits per heavy atom. The van der Waals surface area contributed by atoms with Gasteiger partial charge in [0.1, 0.15) is 11.6 Å². The molecule has 1 unspecified atom stereocenters. The van der Waals surface area contributed by atoms with Crippen LogP contribution in [0.15, 0.2) is 36.4 Å². The molecule has 4 rings (SSSR count). The summed E-state index contributed by atoms with van der Waals surface area (Å²) in [5.74, 6) is -1.61. The number of hydrogen-bond donors (Lipinski definition) is 0. The Kier molecular flexibility index (Phi) is 6.26. The van der Waals surface area contributed by atoms with Crippen molar-refractivity contribution in [2.24, 2.45) is 0 Å². The fraction of sp³-hybridized carbons (Fsp3) is 0.292. The van der Waals surface area contributed by atoms with E-state index in [1.165, 1.54) is 0 Å². The number of halogens is 2. The van der Waals surface area contributed by atoms with E-state index in [0.717, 1.165) is 16.0 Å². The van der Waals surface area contributed by atoms with Crippen molar-refractivity contribution in [3.8, 4) is 0 Å². The van der Waals surface area contributed by atoms with Gasteiger partial charge in [-0.25, -0.2) is 0 Å².